The van der Waals surface area contributed by atoms with Crippen molar-refractivity contribution in [1.29, 1.82) is 5.26 Å². The largest absolute Gasteiger partial charge is 0.481 e. The third-order valence-electron chi connectivity index (χ3n) is 8.16. The molecule has 0 aliphatic carbocycles. The Bertz CT molecular complexity index is 1240. The molecule has 1 aromatic heterocycles. The minimum absolute atomic E-state index is 0.102. The second-order valence-corrected chi connectivity index (χ2v) is 13.0. The van der Waals surface area contributed by atoms with E-state index in [0.717, 1.165) is 114 Å². The summed E-state index contributed by atoms with van der Waals surface area (Å²) in [6.45, 7) is 6.73. The van der Waals surface area contributed by atoms with E-state index in [-0.39, 0.29) is 23.5 Å². The Morgan fingerprint density at radius 2 is 1.60 bits per heavy atom. The van der Waals surface area contributed by atoms with Gasteiger partial charge < -0.3 is 10.0 Å². The van der Waals surface area contributed by atoms with Crippen LogP contribution in [0.2, 0.25) is 0 Å². The predicted molar refractivity (Wildman–Crippen MR) is 175 cm³/mol. The molecule has 0 spiro atoms. The highest BCUT2D eigenvalue weighted by molar-refractivity contribution is 8.26. The molecule has 0 unspecified atom stereocenters. The predicted octanol–water partition coefficient (Wildman–Crippen LogP) is 7.01. The number of thiocarbonyl (C=S) groups is 1. The summed E-state index contributed by atoms with van der Waals surface area (Å²) in [5.41, 5.74) is 1.32. The molecule has 2 saturated heterocycles. The first-order valence-electron chi connectivity index (χ1n) is 15.7. The zero-order valence-corrected chi connectivity index (χ0v) is 26.9. The van der Waals surface area contributed by atoms with Crippen molar-refractivity contribution >= 4 is 52.1 Å². The summed E-state index contributed by atoms with van der Waals surface area (Å²) in [5, 5.41) is 18.7. The Morgan fingerprint density at radius 3 is 2.19 bits per heavy atom. The van der Waals surface area contributed by atoms with Crippen LogP contribution in [0.1, 0.15) is 120 Å². The maximum absolute atomic E-state index is 13.5. The van der Waals surface area contributed by atoms with E-state index in [0.29, 0.717) is 27.9 Å². The molecule has 10 heteroatoms. The number of hydrogen-bond donors (Lipinski definition) is 1. The van der Waals surface area contributed by atoms with Gasteiger partial charge in [0.2, 0.25) is 0 Å². The molecule has 1 amide bonds. The Hall–Kier alpha value is -2.64. The maximum atomic E-state index is 13.5. The number of hydrogen-bond acceptors (Lipinski definition) is 7. The minimum atomic E-state index is -0.726. The number of aliphatic carboxylic acids is 1. The van der Waals surface area contributed by atoms with Gasteiger partial charge in [-0.25, -0.2) is 0 Å². The van der Waals surface area contributed by atoms with Gasteiger partial charge in [0.25, 0.3) is 11.5 Å². The average Bonchev–Trinajstić information content (AvgIpc) is 3.12. The molecule has 0 bridgehead atoms. The van der Waals surface area contributed by atoms with Gasteiger partial charge in [-0.2, -0.15) is 5.26 Å². The van der Waals surface area contributed by atoms with Crippen molar-refractivity contribution in [2.75, 3.05) is 24.5 Å². The summed E-state index contributed by atoms with van der Waals surface area (Å²) in [4.78, 5) is 42.1. The second-order valence-electron chi connectivity index (χ2n) is 11.4. The van der Waals surface area contributed by atoms with Crippen LogP contribution >= 0.6 is 24.0 Å². The highest BCUT2D eigenvalue weighted by Crippen LogP contribution is 2.36. The summed E-state index contributed by atoms with van der Waals surface area (Å²) in [7, 11) is 0. The second kappa shape index (κ2) is 17.5. The molecule has 0 saturated carbocycles. The van der Waals surface area contributed by atoms with E-state index in [9.17, 15) is 19.6 Å². The molecule has 0 atom stereocenters. The molecule has 42 heavy (non-hydrogen) atoms. The molecule has 1 N–H and O–H groups in total. The van der Waals surface area contributed by atoms with Crippen LogP contribution in [0.15, 0.2) is 9.70 Å². The fourth-order valence-electron chi connectivity index (χ4n) is 5.72. The molecular weight excluding hydrogens is 569 g/mol. The summed E-state index contributed by atoms with van der Waals surface area (Å²) in [6.07, 6.45) is 16.3. The number of carbonyl (C=O) groups is 2. The number of nitriles is 1. The van der Waals surface area contributed by atoms with Gasteiger partial charge >= 0.3 is 5.97 Å². The van der Waals surface area contributed by atoms with Crippen molar-refractivity contribution in [1.82, 2.24) is 9.47 Å². The lowest BCUT2D eigenvalue weighted by molar-refractivity contribution is -0.137. The van der Waals surface area contributed by atoms with E-state index in [1.807, 2.05) is 13.0 Å². The molecule has 1 aromatic rings. The number of carbonyl (C=O) groups excluding carboxylic acids is 1. The third kappa shape index (κ3) is 9.18. The number of rotatable bonds is 16. The van der Waals surface area contributed by atoms with Crippen LogP contribution in [0, 0.1) is 18.3 Å². The van der Waals surface area contributed by atoms with E-state index >= 15 is 0 Å². The lowest BCUT2D eigenvalue weighted by Crippen LogP contribution is -2.35. The fourth-order valence-corrected chi connectivity index (χ4v) is 7.01. The molecule has 230 valence electrons. The monoisotopic (exact) mass is 614 g/mol. The zero-order chi connectivity index (χ0) is 30.5. The normalized spacial score (nSPS) is 16.7. The molecule has 3 heterocycles. The highest BCUT2D eigenvalue weighted by Gasteiger charge is 2.33. The molecule has 8 nitrogen and oxygen atoms in total. The number of carboxylic acid groups (broad SMARTS) is 1. The van der Waals surface area contributed by atoms with E-state index < -0.39 is 5.97 Å². The molecule has 0 aromatic carbocycles. The van der Waals surface area contributed by atoms with Crippen molar-refractivity contribution in [3.8, 4) is 6.07 Å². The van der Waals surface area contributed by atoms with Gasteiger partial charge in [0.1, 0.15) is 21.8 Å². The molecule has 2 fully saturated rings. The highest BCUT2D eigenvalue weighted by atomic mass is 32.2. The van der Waals surface area contributed by atoms with E-state index in [1.54, 1.807) is 9.47 Å². The van der Waals surface area contributed by atoms with Crippen LogP contribution in [0.25, 0.3) is 6.08 Å². The number of nitrogens with zero attached hydrogens (tertiary/aromatic N) is 4. The van der Waals surface area contributed by atoms with Gasteiger partial charge in [0.15, 0.2) is 0 Å². The number of anilines is 1. The first-order chi connectivity index (χ1) is 20.3. The number of unbranched alkanes of at least 4 members (excludes halogenated alkanes) is 8. The lowest BCUT2D eigenvalue weighted by Gasteiger charge is -2.29. The fraction of sp³-hybridized carbons (Fsp3) is 0.656. The quantitative estimate of drug-likeness (QED) is 0.120. The van der Waals surface area contributed by atoms with Crippen LogP contribution in [-0.2, 0) is 16.1 Å². The molecular formula is C32H46N4O4S2. The average molecular weight is 615 g/mol. The number of pyridine rings is 1. The van der Waals surface area contributed by atoms with Crippen molar-refractivity contribution < 1.29 is 14.7 Å². The van der Waals surface area contributed by atoms with Crippen LogP contribution in [-0.4, -0.2) is 50.4 Å². The van der Waals surface area contributed by atoms with Crippen LogP contribution < -0.4 is 10.5 Å². The van der Waals surface area contributed by atoms with Crippen molar-refractivity contribution in [3.63, 3.8) is 0 Å². The van der Waals surface area contributed by atoms with Gasteiger partial charge in [-0.3, -0.25) is 23.9 Å². The SMILES string of the molecule is CCCCn1c(N2CCCCCC2)c(/C=C2\SC(=S)N(CCCCCCCCCCC(=O)O)C2=O)c(C)c(C#N)c1=O. The molecule has 3 rings (SSSR count). The van der Waals surface area contributed by atoms with Crippen LogP contribution in [0.5, 0.6) is 0 Å². The topological polar surface area (TPSA) is 107 Å². The Kier molecular flexibility index (Phi) is 14.1. The van der Waals surface area contributed by atoms with Gasteiger partial charge in [0, 0.05) is 38.2 Å². The smallest absolute Gasteiger partial charge is 0.303 e. The maximum Gasteiger partial charge on any atom is 0.303 e. The van der Waals surface area contributed by atoms with Gasteiger partial charge in [-0.15, -0.1) is 0 Å². The molecule has 2 aliphatic rings. The van der Waals surface area contributed by atoms with Crippen LogP contribution in [0.3, 0.4) is 0 Å². The Balaban J connectivity index is 1.75. The first kappa shape index (κ1) is 33.9. The van der Waals surface area contributed by atoms with Crippen molar-refractivity contribution in [2.45, 2.75) is 117 Å². The van der Waals surface area contributed by atoms with Crippen molar-refractivity contribution in [3.05, 3.63) is 31.9 Å². The number of amides is 1. The van der Waals surface area contributed by atoms with E-state index in [4.69, 9.17) is 17.3 Å². The summed E-state index contributed by atoms with van der Waals surface area (Å²) < 4.78 is 2.33. The van der Waals surface area contributed by atoms with E-state index in [1.165, 1.54) is 11.8 Å². The van der Waals surface area contributed by atoms with E-state index in [2.05, 4.69) is 17.9 Å². The standard InChI is InChI=1S/C32H46N4O4S2/c1-3-4-20-35-29(34-18-14-11-12-15-19-34)25(24(2)26(23-33)30(35)39)22-27-31(40)36(32(41)42-27)21-16-10-8-6-5-7-9-13-17-28(37)38/h22H,3-21H2,1-2H3,(H,37,38)/b27-22-. The first-order valence-corrected chi connectivity index (χ1v) is 16.9. The summed E-state index contributed by atoms with van der Waals surface area (Å²) >= 11 is 6.92. The Morgan fingerprint density at radius 1 is 0.976 bits per heavy atom. The summed E-state index contributed by atoms with van der Waals surface area (Å²) in [6, 6.07) is 2.15. The number of aromatic nitrogens is 1. The van der Waals surface area contributed by atoms with Gasteiger partial charge in [0.05, 0.1) is 4.91 Å². The Labute approximate surface area is 260 Å². The molecule has 0 radical (unpaired) electrons. The number of carboxylic acids is 1. The molecule has 2 aliphatic heterocycles. The van der Waals surface area contributed by atoms with Crippen LogP contribution in [0.4, 0.5) is 5.82 Å². The van der Waals surface area contributed by atoms with Gasteiger partial charge in [-0.05, 0) is 50.7 Å². The van der Waals surface area contributed by atoms with Crippen molar-refractivity contribution in [2.24, 2.45) is 0 Å². The van der Waals surface area contributed by atoms with Gasteiger partial charge in [-0.1, -0.05) is 88.7 Å². The summed E-state index contributed by atoms with van der Waals surface area (Å²) in [5.74, 6) is 0.00552. The third-order valence-corrected chi connectivity index (χ3v) is 9.54. The lowest BCUT2D eigenvalue weighted by atomic mass is 10.0. The minimum Gasteiger partial charge on any atom is -0.481 e. The number of thioether (sulfide) groups is 1. The zero-order valence-electron chi connectivity index (χ0n) is 25.3.